The van der Waals surface area contributed by atoms with Gasteiger partial charge in [-0.3, -0.25) is 0 Å². The van der Waals surface area contributed by atoms with Gasteiger partial charge in [-0.15, -0.1) is 0 Å². The zero-order valence-corrected chi connectivity index (χ0v) is 5.79. The molecule has 1 aromatic carbocycles. The Labute approximate surface area is 68.2 Å². The van der Waals surface area contributed by atoms with Crippen molar-refractivity contribution in [2.45, 2.75) is 0 Å². The minimum atomic E-state index is 0.996. The average Bonchev–Trinajstić information content (AvgIpc) is 2.34. The first-order valence-electron chi connectivity index (χ1n) is 3.31. The van der Waals surface area contributed by atoms with E-state index in [1.54, 1.807) is 6.26 Å². The van der Waals surface area contributed by atoms with Gasteiger partial charge < -0.3 is 0 Å². The van der Waals surface area contributed by atoms with E-state index in [9.17, 15) is 0 Å². The van der Waals surface area contributed by atoms with E-state index >= 15 is 0 Å². The minimum absolute atomic E-state index is 0.996. The molecule has 2 heteroatoms. The summed E-state index contributed by atoms with van der Waals surface area (Å²) in [5, 5.41) is 2.39. The van der Waals surface area contributed by atoms with Crippen molar-refractivity contribution in [2.75, 3.05) is 0 Å². The van der Waals surface area contributed by atoms with E-state index in [1.807, 2.05) is 35.9 Å². The summed E-state index contributed by atoms with van der Waals surface area (Å²) in [4.78, 5) is 0. The summed E-state index contributed by atoms with van der Waals surface area (Å²) in [6.07, 6.45) is 1.78. The molecule has 0 aliphatic rings. The van der Waals surface area contributed by atoms with Crippen molar-refractivity contribution in [3.05, 3.63) is 30.5 Å². The van der Waals surface area contributed by atoms with Crippen LogP contribution in [0.1, 0.15) is 0 Å². The Hall–Kier alpha value is -0.643. The molecule has 0 aliphatic heterocycles. The van der Waals surface area contributed by atoms with E-state index in [4.69, 9.17) is 4.42 Å². The van der Waals surface area contributed by atoms with Gasteiger partial charge in [0.15, 0.2) is 0 Å². The number of hydrogen-bond acceptors (Lipinski definition) is 1. The fourth-order valence-electron chi connectivity index (χ4n) is 1.14. The monoisotopic (exact) mass is 124 g/mol. The molecule has 2 aromatic rings. The molecule has 0 unspecified atom stereocenters. The number of hydrogen-bond donors (Lipinski definition) is 0. The number of furan rings is 1. The Kier molecular flexibility index (Phi) is 1.34. The standard InChI is InChI=1S/C8H5O.Li/c1-2-4-8-6-9-5-7(8)3-1;/h1-5H;. The molecule has 0 atom stereocenters. The van der Waals surface area contributed by atoms with Crippen molar-refractivity contribution < 1.29 is 4.42 Å². The first-order valence-corrected chi connectivity index (χ1v) is 3.31. The maximum absolute atomic E-state index is 5.21. The van der Waals surface area contributed by atoms with E-state index < -0.39 is 0 Å². The Morgan fingerprint density at radius 1 is 1.20 bits per heavy atom. The molecule has 1 aromatic heterocycles. The quantitative estimate of drug-likeness (QED) is 0.481. The van der Waals surface area contributed by atoms with Crippen LogP contribution in [0.15, 0.2) is 34.9 Å². The topological polar surface area (TPSA) is 13.1 Å². The summed E-state index contributed by atoms with van der Waals surface area (Å²) in [6, 6.07) is 8.14. The van der Waals surface area contributed by atoms with E-state index in [2.05, 4.69) is 6.07 Å². The molecular weight excluding hydrogens is 119 g/mol. The molecule has 0 saturated carbocycles. The Morgan fingerprint density at radius 2 is 2.00 bits per heavy atom. The molecular formula is C8H5LiO. The van der Waals surface area contributed by atoms with E-state index in [-0.39, 0.29) is 0 Å². The van der Waals surface area contributed by atoms with Crippen LogP contribution < -0.4 is 4.43 Å². The van der Waals surface area contributed by atoms with Crippen molar-refractivity contribution in [1.29, 1.82) is 0 Å². The van der Waals surface area contributed by atoms with Crippen molar-refractivity contribution in [3.8, 4) is 0 Å². The van der Waals surface area contributed by atoms with Gasteiger partial charge >= 0.3 is 67.9 Å². The van der Waals surface area contributed by atoms with Gasteiger partial charge in [-0.2, -0.15) is 0 Å². The molecule has 0 fully saturated rings. The summed E-state index contributed by atoms with van der Waals surface area (Å²) >= 11 is 1.97. The second-order valence-corrected chi connectivity index (χ2v) is 2.38. The van der Waals surface area contributed by atoms with Crippen molar-refractivity contribution >= 4 is 32.9 Å². The SMILES string of the molecule is [Li][c]1occ2ccccc12. The number of fused-ring (bicyclic) bond motifs is 1. The third-order valence-corrected chi connectivity index (χ3v) is 1.70. The summed E-state index contributed by atoms with van der Waals surface area (Å²) in [5.41, 5.74) is 0. The Bertz CT molecular complexity index is 351. The third kappa shape index (κ3) is 0.794. The van der Waals surface area contributed by atoms with Gasteiger partial charge in [0.05, 0.1) is 0 Å². The molecule has 0 bridgehead atoms. The normalized spacial score (nSPS) is 10.6. The second-order valence-electron chi connectivity index (χ2n) is 2.38. The van der Waals surface area contributed by atoms with Crippen LogP contribution in [0, 0.1) is 0 Å². The second kappa shape index (κ2) is 2.19. The Balaban J connectivity index is 2.93. The van der Waals surface area contributed by atoms with Gasteiger partial charge in [-0.1, -0.05) is 0 Å². The fourth-order valence-corrected chi connectivity index (χ4v) is 1.14. The first kappa shape index (κ1) is 6.09. The van der Waals surface area contributed by atoms with Gasteiger partial charge in [0.2, 0.25) is 0 Å². The van der Waals surface area contributed by atoms with Crippen LogP contribution >= 0.6 is 0 Å². The molecule has 10 heavy (non-hydrogen) atoms. The predicted octanol–water partition coefficient (Wildman–Crippen LogP) is 1.23. The first-order chi connectivity index (χ1) is 4.88. The van der Waals surface area contributed by atoms with Crippen LogP contribution in [0.5, 0.6) is 0 Å². The van der Waals surface area contributed by atoms with Crippen LogP contribution in [0.4, 0.5) is 0 Å². The molecule has 0 N–H and O–H groups in total. The molecule has 44 valence electrons. The van der Waals surface area contributed by atoms with Gasteiger partial charge in [0.25, 0.3) is 0 Å². The van der Waals surface area contributed by atoms with Gasteiger partial charge in [0, 0.05) is 0 Å². The van der Waals surface area contributed by atoms with Crippen LogP contribution in [0.2, 0.25) is 0 Å². The Morgan fingerprint density at radius 3 is 2.80 bits per heavy atom. The van der Waals surface area contributed by atoms with E-state index in [0.717, 1.165) is 4.43 Å². The van der Waals surface area contributed by atoms with Crippen molar-refractivity contribution in [1.82, 2.24) is 0 Å². The zero-order valence-electron chi connectivity index (χ0n) is 5.79. The van der Waals surface area contributed by atoms with Crippen LogP contribution in [0.25, 0.3) is 10.8 Å². The molecule has 2 rings (SSSR count). The maximum atomic E-state index is 5.21. The zero-order chi connectivity index (χ0) is 6.97. The van der Waals surface area contributed by atoms with Gasteiger partial charge in [-0.25, -0.2) is 0 Å². The molecule has 0 saturated heterocycles. The summed E-state index contributed by atoms with van der Waals surface area (Å²) in [5.74, 6) is 0. The molecule has 0 spiro atoms. The molecule has 1 heterocycles. The molecule has 0 aliphatic carbocycles. The molecule has 0 radical (unpaired) electrons. The van der Waals surface area contributed by atoms with Gasteiger partial charge in [-0.05, 0) is 0 Å². The van der Waals surface area contributed by atoms with Crippen LogP contribution in [0.3, 0.4) is 0 Å². The van der Waals surface area contributed by atoms with Gasteiger partial charge in [0.1, 0.15) is 0 Å². The summed E-state index contributed by atoms with van der Waals surface area (Å²) in [7, 11) is 0. The van der Waals surface area contributed by atoms with Crippen molar-refractivity contribution in [3.63, 3.8) is 0 Å². The summed E-state index contributed by atoms with van der Waals surface area (Å²) < 4.78 is 6.21. The fraction of sp³-hybridized carbons (Fsp3) is 0. The van der Waals surface area contributed by atoms with E-state index in [0.29, 0.717) is 0 Å². The molecule has 1 nitrogen and oxygen atoms in total. The predicted molar refractivity (Wildman–Crippen MR) is 41.6 cm³/mol. The van der Waals surface area contributed by atoms with Crippen LogP contribution in [-0.2, 0) is 0 Å². The number of rotatable bonds is 0. The van der Waals surface area contributed by atoms with Crippen LogP contribution in [-0.4, -0.2) is 17.7 Å². The average molecular weight is 124 g/mol. The van der Waals surface area contributed by atoms with E-state index in [1.165, 1.54) is 10.8 Å². The van der Waals surface area contributed by atoms with Crippen molar-refractivity contribution in [2.24, 2.45) is 0 Å². The molecule has 0 amide bonds. The number of benzene rings is 1. The third-order valence-electron chi connectivity index (χ3n) is 1.70. The summed E-state index contributed by atoms with van der Waals surface area (Å²) in [6.45, 7) is 0.